The third-order valence-electron chi connectivity index (χ3n) is 5.38. The molecule has 2 aliphatic rings. The van der Waals surface area contributed by atoms with Crippen LogP contribution in [0.25, 0.3) is 5.69 Å². The zero-order chi connectivity index (χ0) is 18.5. The number of carbonyl (C=O) groups excluding carboxylic acids is 1. The van der Waals surface area contributed by atoms with E-state index in [4.69, 9.17) is 4.74 Å². The molecule has 2 fully saturated rings. The van der Waals surface area contributed by atoms with Gasteiger partial charge in [-0.3, -0.25) is 9.36 Å². The summed E-state index contributed by atoms with van der Waals surface area (Å²) in [6.45, 7) is 5.29. The van der Waals surface area contributed by atoms with E-state index in [0.29, 0.717) is 12.1 Å². The van der Waals surface area contributed by atoms with Crippen LogP contribution >= 0.6 is 0 Å². The van der Waals surface area contributed by atoms with Crippen LogP contribution in [-0.4, -0.2) is 75.9 Å². The molecule has 0 bridgehead atoms. The Morgan fingerprint density at radius 1 is 1.04 bits per heavy atom. The van der Waals surface area contributed by atoms with Gasteiger partial charge >= 0.3 is 0 Å². The molecular weight excluding hydrogens is 342 g/mol. The number of hydrogen-bond acceptors (Lipinski definition) is 5. The fourth-order valence-electron chi connectivity index (χ4n) is 4.00. The van der Waals surface area contributed by atoms with E-state index in [1.165, 1.54) is 19.3 Å². The van der Waals surface area contributed by atoms with Crippen LogP contribution in [0.1, 0.15) is 36.0 Å². The Kier molecular flexibility index (Phi) is 5.79. The molecule has 0 spiro atoms. The summed E-state index contributed by atoms with van der Waals surface area (Å²) in [6.07, 6.45) is 8.05. The van der Waals surface area contributed by atoms with Crippen molar-refractivity contribution in [2.45, 2.75) is 31.8 Å². The first-order chi connectivity index (χ1) is 13.3. The molecule has 0 N–H and O–H groups in total. The average molecular weight is 369 g/mol. The Balaban J connectivity index is 1.49. The minimum atomic E-state index is 0.0495. The van der Waals surface area contributed by atoms with Crippen LogP contribution in [-0.2, 0) is 4.74 Å². The van der Waals surface area contributed by atoms with Gasteiger partial charge in [-0.25, -0.2) is 0 Å². The quantitative estimate of drug-likeness (QED) is 0.825. The Morgan fingerprint density at radius 2 is 1.81 bits per heavy atom. The first kappa shape index (κ1) is 18.1. The summed E-state index contributed by atoms with van der Waals surface area (Å²) in [7, 11) is 0. The smallest absolute Gasteiger partial charge is 0.256 e. The third-order valence-corrected chi connectivity index (χ3v) is 5.38. The second kappa shape index (κ2) is 8.63. The standard InChI is InChI=1S/C20H27N5O2/c26-20(18-7-2-3-8-19(18)25-15-21-22-16-25)24-11-6-12-27-17(14-24)13-23-9-4-1-5-10-23/h2-3,7-8,15-17H,1,4-6,9-14H2/t17-/m1/s1. The lowest BCUT2D eigenvalue weighted by Gasteiger charge is -2.31. The number of piperidine rings is 1. The molecule has 144 valence electrons. The zero-order valence-corrected chi connectivity index (χ0v) is 15.7. The number of para-hydroxylation sites is 1. The predicted octanol–water partition coefficient (Wildman–Crippen LogP) is 1.98. The van der Waals surface area contributed by atoms with Gasteiger partial charge in [0.1, 0.15) is 12.7 Å². The highest BCUT2D eigenvalue weighted by molar-refractivity contribution is 5.97. The largest absolute Gasteiger partial charge is 0.375 e. The van der Waals surface area contributed by atoms with Gasteiger partial charge in [0, 0.05) is 26.2 Å². The lowest BCUT2D eigenvalue weighted by atomic mass is 10.1. The van der Waals surface area contributed by atoms with Crippen molar-refractivity contribution in [1.82, 2.24) is 24.6 Å². The molecule has 0 saturated carbocycles. The highest BCUT2D eigenvalue weighted by atomic mass is 16.5. The van der Waals surface area contributed by atoms with E-state index in [2.05, 4.69) is 15.1 Å². The molecule has 1 amide bonds. The fraction of sp³-hybridized carbons (Fsp3) is 0.550. The normalized spacial score (nSPS) is 21.8. The molecule has 4 rings (SSSR count). The maximum atomic E-state index is 13.3. The number of aromatic nitrogens is 3. The topological polar surface area (TPSA) is 63.5 Å². The summed E-state index contributed by atoms with van der Waals surface area (Å²) in [5.41, 5.74) is 1.49. The number of ether oxygens (including phenoxy) is 1. The highest BCUT2D eigenvalue weighted by Crippen LogP contribution is 2.19. The van der Waals surface area contributed by atoms with Gasteiger partial charge in [-0.1, -0.05) is 18.6 Å². The summed E-state index contributed by atoms with van der Waals surface area (Å²) < 4.78 is 7.85. The van der Waals surface area contributed by atoms with Crippen molar-refractivity contribution >= 4 is 5.91 Å². The van der Waals surface area contributed by atoms with Crippen LogP contribution in [0.15, 0.2) is 36.9 Å². The van der Waals surface area contributed by atoms with Gasteiger partial charge in [0.25, 0.3) is 5.91 Å². The molecule has 1 aromatic carbocycles. The molecule has 0 radical (unpaired) electrons. The first-order valence-electron chi connectivity index (χ1n) is 9.88. The van der Waals surface area contributed by atoms with Crippen molar-refractivity contribution < 1.29 is 9.53 Å². The van der Waals surface area contributed by atoms with Gasteiger partial charge in [0.2, 0.25) is 0 Å². The minimum Gasteiger partial charge on any atom is -0.375 e. The molecular formula is C20H27N5O2. The molecule has 2 saturated heterocycles. The van der Waals surface area contributed by atoms with Gasteiger partial charge in [-0.2, -0.15) is 0 Å². The molecule has 27 heavy (non-hydrogen) atoms. The Labute approximate surface area is 159 Å². The second-order valence-corrected chi connectivity index (χ2v) is 7.35. The van der Waals surface area contributed by atoms with E-state index in [9.17, 15) is 4.79 Å². The molecule has 7 nitrogen and oxygen atoms in total. The van der Waals surface area contributed by atoms with Crippen LogP contribution in [0.4, 0.5) is 0 Å². The maximum absolute atomic E-state index is 13.3. The van der Waals surface area contributed by atoms with Crippen molar-refractivity contribution in [3.8, 4) is 5.69 Å². The maximum Gasteiger partial charge on any atom is 0.256 e. The molecule has 0 aliphatic carbocycles. The SMILES string of the molecule is O=C(c1ccccc1-n1cnnc1)N1CCCO[C@H](CN2CCCCC2)C1. The summed E-state index contributed by atoms with van der Waals surface area (Å²) in [6, 6.07) is 7.64. The van der Waals surface area contributed by atoms with Crippen molar-refractivity contribution in [2.75, 3.05) is 39.3 Å². The molecule has 2 aliphatic heterocycles. The Bertz CT molecular complexity index is 743. The second-order valence-electron chi connectivity index (χ2n) is 7.35. The molecule has 7 heteroatoms. The van der Waals surface area contributed by atoms with E-state index in [0.717, 1.165) is 44.9 Å². The van der Waals surface area contributed by atoms with Crippen LogP contribution in [0.5, 0.6) is 0 Å². The van der Waals surface area contributed by atoms with E-state index in [-0.39, 0.29) is 12.0 Å². The van der Waals surface area contributed by atoms with E-state index < -0.39 is 0 Å². The van der Waals surface area contributed by atoms with E-state index >= 15 is 0 Å². The third kappa shape index (κ3) is 4.36. The van der Waals surface area contributed by atoms with Crippen LogP contribution in [0.3, 0.4) is 0 Å². The summed E-state index contributed by atoms with van der Waals surface area (Å²) in [5, 5.41) is 7.73. The van der Waals surface area contributed by atoms with Gasteiger partial charge in [0.15, 0.2) is 0 Å². The van der Waals surface area contributed by atoms with E-state index in [1.807, 2.05) is 29.2 Å². The van der Waals surface area contributed by atoms with Crippen molar-refractivity contribution in [3.63, 3.8) is 0 Å². The minimum absolute atomic E-state index is 0.0495. The van der Waals surface area contributed by atoms with Gasteiger partial charge in [-0.15, -0.1) is 10.2 Å². The van der Waals surface area contributed by atoms with Gasteiger partial charge < -0.3 is 14.5 Å². The Hall–Kier alpha value is -2.25. The predicted molar refractivity (Wildman–Crippen MR) is 102 cm³/mol. The number of likely N-dealkylation sites (tertiary alicyclic amines) is 1. The molecule has 0 unspecified atom stereocenters. The van der Waals surface area contributed by atoms with Crippen LogP contribution in [0, 0.1) is 0 Å². The summed E-state index contributed by atoms with van der Waals surface area (Å²) >= 11 is 0. The van der Waals surface area contributed by atoms with Crippen molar-refractivity contribution in [3.05, 3.63) is 42.5 Å². The number of rotatable bonds is 4. The fourth-order valence-corrected chi connectivity index (χ4v) is 4.00. The molecule has 1 aromatic heterocycles. The number of hydrogen-bond donors (Lipinski definition) is 0. The van der Waals surface area contributed by atoms with Gasteiger partial charge in [-0.05, 0) is 44.5 Å². The van der Waals surface area contributed by atoms with Crippen molar-refractivity contribution in [2.24, 2.45) is 0 Å². The number of carbonyl (C=O) groups is 1. The van der Waals surface area contributed by atoms with Crippen molar-refractivity contribution in [1.29, 1.82) is 0 Å². The molecule has 2 aromatic rings. The first-order valence-corrected chi connectivity index (χ1v) is 9.88. The summed E-state index contributed by atoms with van der Waals surface area (Å²) in [5.74, 6) is 0.0495. The highest BCUT2D eigenvalue weighted by Gasteiger charge is 2.27. The monoisotopic (exact) mass is 369 g/mol. The number of benzene rings is 1. The van der Waals surface area contributed by atoms with Crippen LogP contribution in [0.2, 0.25) is 0 Å². The van der Waals surface area contributed by atoms with Crippen LogP contribution < -0.4 is 0 Å². The Morgan fingerprint density at radius 3 is 2.63 bits per heavy atom. The van der Waals surface area contributed by atoms with E-state index in [1.54, 1.807) is 17.2 Å². The lowest BCUT2D eigenvalue weighted by Crippen LogP contribution is -2.44. The zero-order valence-electron chi connectivity index (χ0n) is 15.7. The number of amides is 1. The molecule has 3 heterocycles. The average Bonchev–Trinajstić information content (AvgIpc) is 3.15. The van der Waals surface area contributed by atoms with Gasteiger partial charge in [0.05, 0.1) is 17.4 Å². The molecule has 1 atom stereocenters. The lowest BCUT2D eigenvalue weighted by molar-refractivity contribution is 0.0216. The summed E-state index contributed by atoms with van der Waals surface area (Å²) in [4.78, 5) is 17.7. The number of nitrogens with zero attached hydrogens (tertiary/aromatic N) is 5.